The number of benzene rings is 2. The molecule has 1 nitrogen and oxygen atoms in total. The standard InChI is InChI=1S/C30H38F2O/c1-3-5-21-6-8-22(9-7-21)23-10-12-24(13-11-23)25-14-16-26(17-15-25)27-18-19-28(33-20-4-2)30(32)29(27)31/h4,14-24H,3,5-13H2,1-2H3. The monoisotopic (exact) mass is 452 g/mol. The van der Waals surface area contributed by atoms with E-state index in [2.05, 4.69) is 19.1 Å². The predicted molar refractivity (Wildman–Crippen MR) is 132 cm³/mol. The molecule has 0 heterocycles. The first-order chi connectivity index (χ1) is 16.1. The topological polar surface area (TPSA) is 9.23 Å². The molecule has 0 aliphatic heterocycles. The second-order valence-corrected chi connectivity index (χ2v) is 10.1. The van der Waals surface area contributed by atoms with Crippen LogP contribution < -0.4 is 4.74 Å². The summed E-state index contributed by atoms with van der Waals surface area (Å²) >= 11 is 0. The van der Waals surface area contributed by atoms with E-state index in [-0.39, 0.29) is 11.3 Å². The van der Waals surface area contributed by atoms with Crippen molar-refractivity contribution in [1.82, 2.24) is 0 Å². The zero-order chi connectivity index (χ0) is 23.2. The Hall–Kier alpha value is -2.16. The third kappa shape index (κ3) is 5.67. The van der Waals surface area contributed by atoms with Crippen molar-refractivity contribution in [2.45, 2.75) is 84.0 Å². The fraction of sp³-hybridized carbons (Fsp3) is 0.533. The summed E-state index contributed by atoms with van der Waals surface area (Å²) < 4.78 is 34.1. The van der Waals surface area contributed by atoms with Gasteiger partial charge in [-0.2, -0.15) is 4.39 Å². The molecule has 0 N–H and O–H groups in total. The maximum absolute atomic E-state index is 14.6. The van der Waals surface area contributed by atoms with Gasteiger partial charge in [0.05, 0.1) is 6.26 Å². The Kier molecular flexibility index (Phi) is 8.22. The molecule has 2 aromatic carbocycles. The second kappa shape index (κ2) is 11.3. The number of ether oxygens (including phenoxy) is 1. The van der Waals surface area contributed by atoms with Crippen molar-refractivity contribution < 1.29 is 13.5 Å². The molecule has 0 amide bonds. The van der Waals surface area contributed by atoms with Crippen molar-refractivity contribution in [3.8, 4) is 16.9 Å². The van der Waals surface area contributed by atoms with E-state index in [0.29, 0.717) is 11.5 Å². The van der Waals surface area contributed by atoms with Gasteiger partial charge in [0.1, 0.15) is 0 Å². The highest BCUT2D eigenvalue weighted by atomic mass is 19.2. The fourth-order valence-corrected chi connectivity index (χ4v) is 6.20. The van der Waals surface area contributed by atoms with Gasteiger partial charge in [0, 0.05) is 5.56 Å². The highest BCUT2D eigenvalue weighted by molar-refractivity contribution is 5.65. The van der Waals surface area contributed by atoms with Crippen LogP contribution in [0, 0.1) is 29.4 Å². The summed E-state index contributed by atoms with van der Waals surface area (Å²) in [5.41, 5.74) is 2.30. The molecule has 178 valence electrons. The molecule has 3 heteroatoms. The number of allylic oxidation sites excluding steroid dienone is 1. The lowest BCUT2D eigenvalue weighted by atomic mass is 9.68. The summed E-state index contributed by atoms with van der Waals surface area (Å²) in [6.07, 6.45) is 16.7. The summed E-state index contributed by atoms with van der Waals surface area (Å²) in [6, 6.07) is 11.2. The Morgan fingerprint density at radius 3 is 2.06 bits per heavy atom. The summed E-state index contributed by atoms with van der Waals surface area (Å²) in [4.78, 5) is 0. The lowest BCUT2D eigenvalue weighted by Crippen LogP contribution is -2.25. The molecule has 0 unspecified atom stereocenters. The van der Waals surface area contributed by atoms with Gasteiger partial charge in [-0.3, -0.25) is 0 Å². The van der Waals surface area contributed by atoms with Gasteiger partial charge in [-0.15, -0.1) is 0 Å². The first-order valence-corrected chi connectivity index (χ1v) is 13.0. The predicted octanol–water partition coefficient (Wildman–Crippen LogP) is 9.42. The van der Waals surface area contributed by atoms with Gasteiger partial charge < -0.3 is 4.74 Å². The maximum Gasteiger partial charge on any atom is 0.201 e. The van der Waals surface area contributed by atoms with Crippen molar-refractivity contribution in [2.24, 2.45) is 17.8 Å². The van der Waals surface area contributed by atoms with Gasteiger partial charge >= 0.3 is 0 Å². The summed E-state index contributed by atoms with van der Waals surface area (Å²) in [6.45, 7) is 4.07. The highest BCUT2D eigenvalue weighted by Crippen LogP contribution is 2.44. The van der Waals surface area contributed by atoms with Crippen LogP contribution in [0.1, 0.15) is 89.5 Å². The molecule has 2 fully saturated rings. The minimum atomic E-state index is -0.947. The normalized spacial score (nSPS) is 25.9. The van der Waals surface area contributed by atoms with Crippen LogP contribution in [0.25, 0.3) is 11.1 Å². The first-order valence-electron chi connectivity index (χ1n) is 13.0. The highest BCUT2D eigenvalue weighted by Gasteiger charge is 2.31. The van der Waals surface area contributed by atoms with E-state index in [9.17, 15) is 8.78 Å². The van der Waals surface area contributed by atoms with E-state index in [1.807, 2.05) is 12.1 Å². The van der Waals surface area contributed by atoms with Crippen molar-refractivity contribution in [3.05, 3.63) is 65.9 Å². The molecule has 0 aromatic heterocycles. The van der Waals surface area contributed by atoms with Gasteiger partial charge in [-0.25, -0.2) is 4.39 Å². The van der Waals surface area contributed by atoms with E-state index in [1.54, 1.807) is 19.1 Å². The van der Waals surface area contributed by atoms with Crippen molar-refractivity contribution in [2.75, 3.05) is 0 Å². The molecule has 2 aliphatic carbocycles. The number of rotatable bonds is 7. The minimum absolute atomic E-state index is 0.0958. The Morgan fingerprint density at radius 1 is 0.818 bits per heavy atom. The van der Waals surface area contributed by atoms with Crippen LogP contribution in [0.3, 0.4) is 0 Å². The van der Waals surface area contributed by atoms with Gasteiger partial charge in [-0.05, 0) is 92.4 Å². The molecule has 0 bridgehead atoms. The fourth-order valence-electron chi connectivity index (χ4n) is 6.20. The molecule has 2 aliphatic rings. The smallest absolute Gasteiger partial charge is 0.201 e. The van der Waals surface area contributed by atoms with Gasteiger partial charge in [-0.1, -0.05) is 62.9 Å². The van der Waals surface area contributed by atoms with Crippen LogP contribution in [0.5, 0.6) is 5.75 Å². The van der Waals surface area contributed by atoms with Gasteiger partial charge in [0.15, 0.2) is 11.6 Å². The molecular formula is C30H38F2O. The van der Waals surface area contributed by atoms with Crippen LogP contribution in [-0.2, 0) is 0 Å². The average Bonchev–Trinajstić information content (AvgIpc) is 2.86. The minimum Gasteiger partial charge on any atom is -0.462 e. The molecule has 4 rings (SSSR count). The molecule has 0 radical (unpaired) electrons. The van der Waals surface area contributed by atoms with E-state index < -0.39 is 11.6 Å². The Balaban J connectivity index is 1.35. The zero-order valence-electron chi connectivity index (χ0n) is 20.2. The van der Waals surface area contributed by atoms with E-state index in [1.165, 1.54) is 82.1 Å². The Morgan fingerprint density at radius 2 is 1.45 bits per heavy atom. The molecule has 0 spiro atoms. The van der Waals surface area contributed by atoms with Crippen molar-refractivity contribution in [3.63, 3.8) is 0 Å². The summed E-state index contributed by atoms with van der Waals surface area (Å²) in [7, 11) is 0. The largest absolute Gasteiger partial charge is 0.462 e. The first kappa shape index (κ1) is 24.0. The SMILES string of the molecule is CC=COc1ccc(-c2ccc(C3CCC(C4CCC(CCC)CC4)CC3)cc2)c(F)c1F. The number of halogens is 2. The van der Waals surface area contributed by atoms with E-state index in [0.717, 1.165) is 17.8 Å². The second-order valence-electron chi connectivity index (χ2n) is 10.1. The number of hydrogen-bond donors (Lipinski definition) is 0. The summed E-state index contributed by atoms with van der Waals surface area (Å²) in [5.74, 6) is 1.51. The van der Waals surface area contributed by atoms with Crippen molar-refractivity contribution in [1.29, 1.82) is 0 Å². The lowest BCUT2D eigenvalue weighted by Gasteiger charge is -2.38. The lowest BCUT2D eigenvalue weighted by molar-refractivity contribution is 0.156. The van der Waals surface area contributed by atoms with Crippen molar-refractivity contribution >= 4 is 0 Å². The maximum atomic E-state index is 14.6. The van der Waals surface area contributed by atoms with E-state index in [4.69, 9.17) is 4.74 Å². The van der Waals surface area contributed by atoms with Gasteiger partial charge in [0.25, 0.3) is 0 Å². The Bertz CT molecular complexity index is 917. The van der Waals surface area contributed by atoms with E-state index >= 15 is 0 Å². The summed E-state index contributed by atoms with van der Waals surface area (Å²) in [5, 5.41) is 0. The van der Waals surface area contributed by atoms with Crippen LogP contribution >= 0.6 is 0 Å². The van der Waals surface area contributed by atoms with Gasteiger partial charge in [0.2, 0.25) is 5.82 Å². The molecule has 2 saturated carbocycles. The number of hydrogen-bond acceptors (Lipinski definition) is 1. The third-order valence-electron chi connectivity index (χ3n) is 8.10. The third-order valence-corrected chi connectivity index (χ3v) is 8.10. The molecule has 33 heavy (non-hydrogen) atoms. The van der Waals surface area contributed by atoms with Crippen LogP contribution in [-0.4, -0.2) is 0 Å². The van der Waals surface area contributed by atoms with Crippen LogP contribution in [0.15, 0.2) is 48.7 Å². The molecule has 2 aromatic rings. The molecular weight excluding hydrogens is 414 g/mol. The molecule has 0 saturated heterocycles. The van der Waals surface area contributed by atoms with Crippen LogP contribution in [0.2, 0.25) is 0 Å². The zero-order valence-corrected chi connectivity index (χ0v) is 20.2. The van der Waals surface area contributed by atoms with Crippen LogP contribution in [0.4, 0.5) is 8.78 Å². The molecule has 0 atom stereocenters. The Labute approximate surface area is 198 Å². The quantitative estimate of drug-likeness (QED) is 0.380. The average molecular weight is 453 g/mol.